The lowest BCUT2D eigenvalue weighted by Gasteiger charge is -2.28. The van der Waals surface area contributed by atoms with E-state index in [0.717, 1.165) is 5.56 Å². The SMILES string of the molecule is COc1ccccc1NC(=O)C1=C(C)Nc2nc(SCc3ccccc3F)nn2[C@@H]1c1ccc(Cl)cc1. The Hall–Kier alpha value is -3.82. The van der Waals surface area contributed by atoms with Crippen LogP contribution in [0.2, 0.25) is 5.02 Å². The highest BCUT2D eigenvalue weighted by Crippen LogP contribution is 2.38. The van der Waals surface area contributed by atoms with E-state index in [1.165, 1.54) is 17.8 Å². The summed E-state index contributed by atoms with van der Waals surface area (Å²) in [6.45, 7) is 1.82. The summed E-state index contributed by atoms with van der Waals surface area (Å²) in [5, 5.41) is 11.9. The molecule has 188 valence electrons. The Labute approximate surface area is 222 Å². The largest absolute Gasteiger partial charge is 0.495 e. The van der Waals surface area contributed by atoms with Gasteiger partial charge in [0.15, 0.2) is 0 Å². The topological polar surface area (TPSA) is 81.1 Å². The van der Waals surface area contributed by atoms with Crippen molar-refractivity contribution in [1.82, 2.24) is 14.8 Å². The van der Waals surface area contributed by atoms with Crippen LogP contribution in [0.5, 0.6) is 5.75 Å². The van der Waals surface area contributed by atoms with Crippen molar-refractivity contribution in [3.63, 3.8) is 0 Å². The molecule has 0 spiro atoms. The minimum absolute atomic E-state index is 0.274. The van der Waals surface area contributed by atoms with Crippen molar-refractivity contribution in [2.24, 2.45) is 0 Å². The lowest BCUT2D eigenvalue weighted by atomic mass is 9.95. The number of carbonyl (C=O) groups excluding carboxylic acids is 1. The van der Waals surface area contributed by atoms with E-state index in [4.69, 9.17) is 21.4 Å². The molecule has 5 rings (SSSR count). The number of allylic oxidation sites excluding steroid dienone is 1. The maximum absolute atomic E-state index is 14.1. The van der Waals surface area contributed by atoms with Crippen LogP contribution < -0.4 is 15.4 Å². The number of nitrogens with one attached hydrogen (secondary N) is 2. The molecule has 1 atom stereocenters. The van der Waals surface area contributed by atoms with E-state index < -0.39 is 6.04 Å². The first-order chi connectivity index (χ1) is 17.9. The minimum Gasteiger partial charge on any atom is -0.495 e. The fourth-order valence-electron chi connectivity index (χ4n) is 4.14. The Balaban J connectivity index is 1.50. The van der Waals surface area contributed by atoms with Gasteiger partial charge in [0.2, 0.25) is 11.1 Å². The zero-order valence-electron chi connectivity index (χ0n) is 20.0. The number of anilines is 2. The third-order valence-corrected chi connectivity index (χ3v) is 7.07. The molecule has 0 aliphatic carbocycles. The molecule has 0 radical (unpaired) electrons. The first-order valence-electron chi connectivity index (χ1n) is 11.4. The van der Waals surface area contributed by atoms with Crippen LogP contribution in [0.15, 0.2) is 89.2 Å². The molecule has 1 aliphatic rings. The van der Waals surface area contributed by atoms with E-state index in [1.54, 1.807) is 54.3 Å². The summed E-state index contributed by atoms with van der Waals surface area (Å²) in [6, 6.07) is 20.5. The maximum atomic E-state index is 14.1. The molecule has 1 aromatic heterocycles. The second kappa shape index (κ2) is 10.7. The van der Waals surface area contributed by atoms with Gasteiger partial charge in [0.25, 0.3) is 5.91 Å². The number of hydrogen-bond donors (Lipinski definition) is 2. The first-order valence-corrected chi connectivity index (χ1v) is 12.8. The van der Waals surface area contributed by atoms with Crippen LogP contribution in [0.25, 0.3) is 0 Å². The van der Waals surface area contributed by atoms with Crippen molar-refractivity contribution in [2.75, 3.05) is 17.7 Å². The molecular weight excluding hydrogens is 513 g/mol. The molecule has 4 aromatic rings. The number of carbonyl (C=O) groups is 1. The molecule has 0 bridgehead atoms. The van der Waals surface area contributed by atoms with Gasteiger partial charge in [-0.1, -0.05) is 65.8 Å². The molecule has 1 aliphatic heterocycles. The van der Waals surface area contributed by atoms with Crippen LogP contribution in [0.4, 0.5) is 16.0 Å². The smallest absolute Gasteiger partial charge is 0.255 e. The van der Waals surface area contributed by atoms with E-state index in [2.05, 4.69) is 15.6 Å². The molecule has 3 aromatic carbocycles. The number of para-hydroxylation sites is 2. The fraction of sp³-hybridized carbons (Fsp3) is 0.148. The molecule has 7 nitrogen and oxygen atoms in total. The van der Waals surface area contributed by atoms with Crippen LogP contribution in [-0.2, 0) is 10.5 Å². The average molecular weight is 536 g/mol. The minimum atomic E-state index is -0.571. The van der Waals surface area contributed by atoms with Crippen molar-refractivity contribution in [3.05, 3.63) is 106 Å². The molecule has 0 saturated carbocycles. The van der Waals surface area contributed by atoms with Crippen molar-refractivity contribution in [1.29, 1.82) is 0 Å². The fourth-order valence-corrected chi connectivity index (χ4v) is 5.08. The molecular formula is C27H23ClFN5O2S. The third kappa shape index (κ3) is 5.19. The average Bonchev–Trinajstić information content (AvgIpc) is 3.30. The quantitative estimate of drug-likeness (QED) is 0.270. The van der Waals surface area contributed by atoms with E-state index in [-0.39, 0.29) is 11.7 Å². The lowest BCUT2D eigenvalue weighted by Crippen LogP contribution is -2.31. The van der Waals surface area contributed by atoms with Gasteiger partial charge in [-0.2, -0.15) is 4.98 Å². The van der Waals surface area contributed by atoms with E-state index in [0.29, 0.717) is 50.2 Å². The molecule has 1 amide bonds. The van der Waals surface area contributed by atoms with Crippen LogP contribution in [0.1, 0.15) is 24.1 Å². The number of halogens is 2. The summed E-state index contributed by atoms with van der Waals surface area (Å²) in [5.74, 6) is 0.826. The van der Waals surface area contributed by atoms with Gasteiger partial charge in [0, 0.05) is 16.5 Å². The summed E-state index contributed by atoms with van der Waals surface area (Å²) in [4.78, 5) is 18.3. The van der Waals surface area contributed by atoms with Crippen LogP contribution in [0.3, 0.4) is 0 Å². The standard InChI is InChI=1S/C27H23ClFN5O2S/c1-16-23(25(35)31-21-9-5-6-10-22(21)36-2)24(17-11-13-19(28)14-12-17)34-26(30-16)32-27(33-34)37-15-18-7-3-4-8-20(18)29/h3-14,24H,15H2,1-2H3,(H,31,35)(H,30,32,33)/t24-/m1/s1. The molecule has 2 N–H and O–H groups in total. The number of ether oxygens (including phenoxy) is 1. The third-order valence-electron chi connectivity index (χ3n) is 5.93. The molecule has 2 heterocycles. The van der Waals surface area contributed by atoms with Crippen molar-refractivity contribution < 1.29 is 13.9 Å². The summed E-state index contributed by atoms with van der Waals surface area (Å²) < 4.78 is 21.2. The van der Waals surface area contributed by atoms with E-state index in [9.17, 15) is 9.18 Å². The van der Waals surface area contributed by atoms with Gasteiger partial charge in [-0.15, -0.1) is 5.10 Å². The lowest BCUT2D eigenvalue weighted by molar-refractivity contribution is -0.113. The number of amides is 1. The zero-order chi connectivity index (χ0) is 25.9. The highest BCUT2D eigenvalue weighted by molar-refractivity contribution is 7.98. The predicted octanol–water partition coefficient (Wildman–Crippen LogP) is 6.30. The Bertz CT molecular complexity index is 1490. The molecule has 0 unspecified atom stereocenters. The Kier molecular flexibility index (Phi) is 7.16. The Morgan fingerprint density at radius 3 is 2.62 bits per heavy atom. The van der Waals surface area contributed by atoms with Gasteiger partial charge < -0.3 is 15.4 Å². The highest BCUT2D eigenvalue weighted by Gasteiger charge is 2.34. The number of hydrogen-bond acceptors (Lipinski definition) is 6. The number of methoxy groups -OCH3 is 1. The summed E-state index contributed by atoms with van der Waals surface area (Å²) >= 11 is 7.47. The number of thioether (sulfide) groups is 1. The Morgan fingerprint density at radius 2 is 1.86 bits per heavy atom. The number of benzene rings is 3. The van der Waals surface area contributed by atoms with Crippen LogP contribution in [0, 0.1) is 5.82 Å². The number of nitrogens with zero attached hydrogens (tertiary/aromatic N) is 3. The van der Waals surface area contributed by atoms with Gasteiger partial charge in [-0.3, -0.25) is 4.79 Å². The first kappa shape index (κ1) is 24.9. The van der Waals surface area contributed by atoms with E-state index in [1.807, 2.05) is 31.2 Å². The molecule has 0 fully saturated rings. The second-order valence-corrected chi connectivity index (χ2v) is 9.69. The zero-order valence-corrected chi connectivity index (χ0v) is 21.6. The van der Waals surface area contributed by atoms with E-state index >= 15 is 0 Å². The van der Waals surface area contributed by atoms with Crippen LogP contribution >= 0.6 is 23.4 Å². The van der Waals surface area contributed by atoms with Crippen LogP contribution in [-0.4, -0.2) is 27.8 Å². The monoisotopic (exact) mass is 535 g/mol. The summed E-state index contributed by atoms with van der Waals surface area (Å²) in [7, 11) is 1.55. The van der Waals surface area contributed by atoms with Gasteiger partial charge >= 0.3 is 0 Å². The van der Waals surface area contributed by atoms with Crippen molar-refractivity contribution >= 4 is 40.9 Å². The number of fused-ring (bicyclic) bond motifs is 1. The van der Waals surface area contributed by atoms with Gasteiger partial charge in [-0.05, 0) is 48.4 Å². The summed E-state index contributed by atoms with van der Waals surface area (Å²) in [6.07, 6.45) is 0. The molecule has 0 saturated heterocycles. The molecule has 37 heavy (non-hydrogen) atoms. The van der Waals surface area contributed by atoms with Gasteiger partial charge in [-0.25, -0.2) is 9.07 Å². The molecule has 10 heteroatoms. The van der Waals surface area contributed by atoms with Gasteiger partial charge in [0.1, 0.15) is 17.6 Å². The number of aromatic nitrogens is 3. The number of rotatable bonds is 7. The predicted molar refractivity (Wildman–Crippen MR) is 144 cm³/mol. The normalized spacial score (nSPS) is 14.6. The second-order valence-electron chi connectivity index (χ2n) is 8.31. The Morgan fingerprint density at radius 1 is 1.14 bits per heavy atom. The summed E-state index contributed by atoms with van der Waals surface area (Å²) in [5.41, 5.74) is 3.03. The maximum Gasteiger partial charge on any atom is 0.255 e. The van der Waals surface area contributed by atoms with Crippen molar-refractivity contribution in [2.45, 2.75) is 23.9 Å². The highest BCUT2D eigenvalue weighted by atomic mass is 35.5. The van der Waals surface area contributed by atoms with Gasteiger partial charge in [0.05, 0.1) is 18.4 Å². The van der Waals surface area contributed by atoms with Crippen molar-refractivity contribution in [3.8, 4) is 5.75 Å².